The minimum Gasteiger partial charge on any atom is -0.382 e. The third-order valence-corrected chi connectivity index (χ3v) is 4.29. The summed E-state index contributed by atoms with van der Waals surface area (Å²) in [5.41, 5.74) is 6.64. The molecule has 2 rings (SSSR count). The van der Waals surface area contributed by atoms with Crippen molar-refractivity contribution in [2.45, 2.75) is 18.9 Å². The molecule has 0 unspecified atom stereocenters. The highest BCUT2D eigenvalue weighted by Gasteiger charge is 2.17. The second kappa shape index (κ2) is 5.31. The Morgan fingerprint density at radius 2 is 2.06 bits per heavy atom. The lowest BCUT2D eigenvalue weighted by Crippen LogP contribution is -2.29. The molecule has 1 aromatic carbocycles. The van der Waals surface area contributed by atoms with Crippen molar-refractivity contribution in [3.63, 3.8) is 0 Å². The van der Waals surface area contributed by atoms with Gasteiger partial charge in [-0.3, -0.25) is 9.00 Å². The van der Waals surface area contributed by atoms with E-state index in [4.69, 9.17) is 5.73 Å². The van der Waals surface area contributed by atoms with Crippen molar-refractivity contribution in [1.82, 2.24) is 0 Å². The quantitative estimate of drug-likeness (QED) is 0.846. The van der Waals surface area contributed by atoms with E-state index in [-0.39, 0.29) is 0 Å². The van der Waals surface area contributed by atoms with Crippen LogP contribution in [0.3, 0.4) is 0 Å². The minimum absolute atomic E-state index is 0.343. The van der Waals surface area contributed by atoms with Gasteiger partial charge in [-0.1, -0.05) is 6.07 Å². The van der Waals surface area contributed by atoms with Crippen LogP contribution in [0.25, 0.3) is 0 Å². The van der Waals surface area contributed by atoms with E-state index in [2.05, 4.69) is 5.32 Å². The van der Waals surface area contributed by atoms with Gasteiger partial charge in [0.15, 0.2) is 0 Å². The third-order valence-electron chi connectivity index (χ3n) is 2.91. The van der Waals surface area contributed by atoms with Crippen molar-refractivity contribution in [2.24, 2.45) is 5.73 Å². The van der Waals surface area contributed by atoms with Gasteiger partial charge >= 0.3 is 0 Å². The van der Waals surface area contributed by atoms with Crippen LogP contribution < -0.4 is 11.1 Å². The van der Waals surface area contributed by atoms with E-state index in [0.29, 0.717) is 11.6 Å². The molecule has 4 nitrogen and oxygen atoms in total. The van der Waals surface area contributed by atoms with Gasteiger partial charge in [-0.25, -0.2) is 0 Å². The fraction of sp³-hybridized carbons (Fsp3) is 0.417. The number of rotatable bonds is 3. The Morgan fingerprint density at radius 3 is 2.71 bits per heavy atom. The molecule has 1 heterocycles. The molecule has 1 aliphatic rings. The lowest BCUT2D eigenvalue weighted by molar-refractivity contribution is 0.100. The number of carbonyl (C=O) groups excluding carboxylic acids is 1. The molecule has 5 heteroatoms. The lowest BCUT2D eigenvalue weighted by Gasteiger charge is -2.23. The molecule has 1 aromatic rings. The van der Waals surface area contributed by atoms with Crippen molar-refractivity contribution in [2.75, 3.05) is 16.8 Å². The first kappa shape index (κ1) is 12.1. The fourth-order valence-corrected chi connectivity index (χ4v) is 3.24. The zero-order chi connectivity index (χ0) is 12.3. The molecule has 0 bridgehead atoms. The van der Waals surface area contributed by atoms with Crippen molar-refractivity contribution < 1.29 is 9.00 Å². The SMILES string of the molecule is NC(=O)c1cccc(NC2CCS(=O)CC2)c1. The van der Waals surface area contributed by atoms with Gasteiger partial charge in [-0.2, -0.15) is 0 Å². The van der Waals surface area contributed by atoms with Gasteiger partial charge in [0.1, 0.15) is 0 Å². The van der Waals surface area contributed by atoms with E-state index in [9.17, 15) is 9.00 Å². The number of nitrogens with two attached hydrogens (primary N) is 1. The summed E-state index contributed by atoms with van der Waals surface area (Å²) >= 11 is 0. The van der Waals surface area contributed by atoms with Gasteiger partial charge in [0.25, 0.3) is 0 Å². The summed E-state index contributed by atoms with van der Waals surface area (Å²) in [5.74, 6) is 1.10. The molecule has 0 aromatic heterocycles. The van der Waals surface area contributed by atoms with Crippen molar-refractivity contribution in [1.29, 1.82) is 0 Å². The molecule has 1 saturated heterocycles. The summed E-state index contributed by atoms with van der Waals surface area (Å²) in [6.45, 7) is 0. The van der Waals surface area contributed by atoms with Crippen LogP contribution in [0.15, 0.2) is 24.3 Å². The maximum absolute atomic E-state index is 11.2. The summed E-state index contributed by atoms with van der Waals surface area (Å²) < 4.78 is 11.2. The smallest absolute Gasteiger partial charge is 0.248 e. The molecule has 0 aliphatic carbocycles. The molecule has 0 atom stereocenters. The fourth-order valence-electron chi connectivity index (χ4n) is 1.94. The molecule has 17 heavy (non-hydrogen) atoms. The third kappa shape index (κ3) is 3.30. The number of hydrogen-bond donors (Lipinski definition) is 2. The summed E-state index contributed by atoms with van der Waals surface area (Å²) in [6.07, 6.45) is 1.82. The average molecular weight is 252 g/mol. The van der Waals surface area contributed by atoms with Gasteiger partial charge in [0.05, 0.1) is 0 Å². The number of anilines is 1. The average Bonchev–Trinajstić information content (AvgIpc) is 2.32. The van der Waals surface area contributed by atoms with E-state index < -0.39 is 16.7 Å². The summed E-state index contributed by atoms with van der Waals surface area (Å²) in [6, 6.07) is 7.52. The molecule has 1 amide bonds. The Labute approximate surface area is 103 Å². The van der Waals surface area contributed by atoms with E-state index >= 15 is 0 Å². The maximum Gasteiger partial charge on any atom is 0.248 e. The Balaban J connectivity index is 2.01. The molecule has 0 radical (unpaired) electrons. The minimum atomic E-state index is -0.645. The Kier molecular flexibility index (Phi) is 3.78. The lowest BCUT2D eigenvalue weighted by atomic mass is 10.1. The number of nitrogens with one attached hydrogen (secondary N) is 1. The molecular weight excluding hydrogens is 236 g/mol. The van der Waals surface area contributed by atoms with E-state index in [1.54, 1.807) is 12.1 Å². The van der Waals surface area contributed by atoms with Gasteiger partial charge in [-0.15, -0.1) is 0 Å². The van der Waals surface area contributed by atoms with Crippen LogP contribution in [0.5, 0.6) is 0 Å². The van der Waals surface area contributed by atoms with Gasteiger partial charge in [0.2, 0.25) is 5.91 Å². The zero-order valence-electron chi connectivity index (χ0n) is 9.52. The first-order valence-electron chi connectivity index (χ1n) is 5.66. The standard InChI is InChI=1S/C12H16N2O2S/c13-12(15)9-2-1-3-11(8-9)14-10-4-6-17(16)7-5-10/h1-3,8,10,14H,4-7H2,(H2,13,15). The monoisotopic (exact) mass is 252 g/mol. The predicted octanol–water partition coefficient (Wildman–Crippen LogP) is 1.11. The van der Waals surface area contributed by atoms with Crippen LogP contribution in [-0.2, 0) is 10.8 Å². The molecule has 1 fully saturated rings. The van der Waals surface area contributed by atoms with E-state index in [1.807, 2.05) is 12.1 Å². The molecule has 1 aliphatic heterocycles. The highest BCUT2D eigenvalue weighted by Crippen LogP contribution is 2.17. The molecular formula is C12H16N2O2S. The van der Waals surface area contributed by atoms with Crippen molar-refractivity contribution >= 4 is 22.4 Å². The van der Waals surface area contributed by atoms with Crippen LogP contribution in [0.4, 0.5) is 5.69 Å². The molecule has 0 saturated carbocycles. The van der Waals surface area contributed by atoms with E-state index in [0.717, 1.165) is 30.0 Å². The number of primary amides is 1. The second-order valence-corrected chi connectivity index (χ2v) is 5.91. The van der Waals surface area contributed by atoms with Crippen LogP contribution in [0, 0.1) is 0 Å². The largest absolute Gasteiger partial charge is 0.382 e. The predicted molar refractivity (Wildman–Crippen MR) is 69.5 cm³/mol. The molecule has 0 spiro atoms. The van der Waals surface area contributed by atoms with Crippen molar-refractivity contribution in [3.8, 4) is 0 Å². The van der Waals surface area contributed by atoms with Gasteiger partial charge in [0, 0.05) is 39.6 Å². The summed E-state index contributed by atoms with van der Waals surface area (Å²) in [4.78, 5) is 11.0. The second-order valence-electron chi connectivity index (χ2n) is 4.21. The molecule has 92 valence electrons. The van der Waals surface area contributed by atoms with Crippen LogP contribution in [0.2, 0.25) is 0 Å². The van der Waals surface area contributed by atoms with Gasteiger partial charge in [-0.05, 0) is 31.0 Å². The number of carbonyl (C=O) groups is 1. The number of hydrogen-bond acceptors (Lipinski definition) is 3. The highest BCUT2D eigenvalue weighted by atomic mass is 32.2. The first-order valence-corrected chi connectivity index (χ1v) is 7.15. The summed E-state index contributed by atoms with van der Waals surface area (Å²) in [5, 5.41) is 3.35. The Bertz CT molecular complexity index is 438. The maximum atomic E-state index is 11.2. The Morgan fingerprint density at radius 1 is 1.35 bits per heavy atom. The molecule has 3 N–H and O–H groups in total. The van der Waals surface area contributed by atoms with E-state index in [1.165, 1.54) is 0 Å². The van der Waals surface area contributed by atoms with Crippen molar-refractivity contribution in [3.05, 3.63) is 29.8 Å². The zero-order valence-corrected chi connectivity index (χ0v) is 10.3. The number of benzene rings is 1. The normalized spacial score (nSPS) is 24.2. The topological polar surface area (TPSA) is 72.2 Å². The Hall–Kier alpha value is -1.36. The van der Waals surface area contributed by atoms with Crippen LogP contribution >= 0.6 is 0 Å². The van der Waals surface area contributed by atoms with Crippen LogP contribution in [-0.4, -0.2) is 27.7 Å². The summed E-state index contributed by atoms with van der Waals surface area (Å²) in [7, 11) is -0.645. The number of amides is 1. The van der Waals surface area contributed by atoms with Gasteiger partial charge < -0.3 is 11.1 Å². The van der Waals surface area contributed by atoms with Crippen LogP contribution in [0.1, 0.15) is 23.2 Å². The first-order chi connectivity index (χ1) is 8.15. The highest BCUT2D eigenvalue weighted by molar-refractivity contribution is 7.85.